The van der Waals surface area contributed by atoms with Crippen LogP contribution in [0.25, 0.3) is 0 Å². The molecular formula is C16H26O2. The van der Waals surface area contributed by atoms with E-state index < -0.39 is 0 Å². The quantitative estimate of drug-likeness (QED) is 0.365. The molecule has 0 spiro atoms. The van der Waals surface area contributed by atoms with Crippen molar-refractivity contribution in [3.63, 3.8) is 0 Å². The third-order valence-electron chi connectivity index (χ3n) is 3.56. The summed E-state index contributed by atoms with van der Waals surface area (Å²) in [7, 11) is 0. The summed E-state index contributed by atoms with van der Waals surface area (Å²) in [4.78, 5) is 10.2. The van der Waals surface area contributed by atoms with Crippen molar-refractivity contribution in [2.45, 2.75) is 58.0 Å². The summed E-state index contributed by atoms with van der Waals surface area (Å²) in [6.07, 6.45) is 16.7. The van der Waals surface area contributed by atoms with Crippen LogP contribution in [0.1, 0.15) is 51.9 Å². The fraction of sp³-hybridized carbons (Fsp3) is 0.688. The van der Waals surface area contributed by atoms with Crippen molar-refractivity contribution in [1.29, 1.82) is 0 Å². The average Bonchev–Trinajstić information content (AvgIpc) is 3.07. The van der Waals surface area contributed by atoms with Crippen LogP contribution in [0.15, 0.2) is 24.3 Å². The zero-order chi connectivity index (χ0) is 13.2. The first-order valence-corrected chi connectivity index (χ1v) is 7.19. The Morgan fingerprint density at radius 3 is 2.67 bits per heavy atom. The predicted molar refractivity (Wildman–Crippen MR) is 75.3 cm³/mol. The Kier molecular flexibility index (Phi) is 7.66. The van der Waals surface area contributed by atoms with Gasteiger partial charge in [-0.1, -0.05) is 37.1 Å². The minimum Gasteiger partial charge on any atom is -0.389 e. The molecule has 18 heavy (non-hydrogen) atoms. The number of unbranched alkanes of at least 4 members (excludes halogenated alkanes) is 2. The lowest BCUT2D eigenvalue weighted by Crippen LogP contribution is -1.90. The topological polar surface area (TPSA) is 37.3 Å². The van der Waals surface area contributed by atoms with Crippen LogP contribution < -0.4 is 0 Å². The van der Waals surface area contributed by atoms with Gasteiger partial charge in [-0.15, -0.1) is 0 Å². The van der Waals surface area contributed by atoms with Crippen LogP contribution in [0.3, 0.4) is 0 Å². The zero-order valence-corrected chi connectivity index (χ0v) is 11.4. The highest BCUT2D eigenvalue weighted by Crippen LogP contribution is 2.45. The molecule has 0 saturated heterocycles. The molecule has 1 rings (SSSR count). The third-order valence-corrected chi connectivity index (χ3v) is 3.56. The molecule has 1 N–H and O–H groups in total. The average molecular weight is 250 g/mol. The first-order chi connectivity index (χ1) is 8.74. The molecule has 0 bridgehead atoms. The first kappa shape index (κ1) is 15.2. The van der Waals surface area contributed by atoms with Crippen LogP contribution in [0.4, 0.5) is 0 Å². The second-order valence-electron chi connectivity index (χ2n) is 5.34. The molecule has 0 aliphatic heterocycles. The highest BCUT2D eigenvalue weighted by Gasteiger charge is 2.34. The monoisotopic (exact) mass is 250 g/mol. The fourth-order valence-corrected chi connectivity index (χ4v) is 2.36. The molecule has 3 atom stereocenters. The molecule has 1 fully saturated rings. The van der Waals surface area contributed by atoms with E-state index in [2.05, 4.69) is 6.08 Å². The molecule has 1 saturated carbocycles. The van der Waals surface area contributed by atoms with Crippen LogP contribution in [-0.4, -0.2) is 17.5 Å². The van der Waals surface area contributed by atoms with E-state index in [0.29, 0.717) is 0 Å². The molecule has 1 unspecified atom stereocenters. The van der Waals surface area contributed by atoms with Gasteiger partial charge in [0.25, 0.3) is 0 Å². The molecule has 0 aromatic heterocycles. The molecule has 0 aromatic rings. The summed E-state index contributed by atoms with van der Waals surface area (Å²) in [6.45, 7) is 1.75. The normalized spacial score (nSPS) is 24.8. The van der Waals surface area contributed by atoms with E-state index in [1.165, 1.54) is 25.7 Å². The van der Waals surface area contributed by atoms with Gasteiger partial charge in [-0.25, -0.2) is 0 Å². The first-order valence-electron chi connectivity index (χ1n) is 7.19. The summed E-state index contributed by atoms with van der Waals surface area (Å²) in [5.41, 5.74) is 0. The molecular weight excluding hydrogens is 224 g/mol. The van der Waals surface area contributed by atoms with Gasteiger partial charge in [0.05, 0.1) is 6.10 Å². The number of carbonyl (C=O) groups excluding carboxylic acids is 1. The van der Waals surface area contributed by atoms with E-state index in [0.717, 1.165) is 37.4 Å². The maximum Gasteiger partial charge on any atom is 0.119 e. The highest BCUT2D eigenvalue weighted by molar-refractivity contribution is 5.48. The van der Waals surface area contributed by atoms with E-state index in [9.17, 15) is 4.79 Å². The van der Waals surface area contributed by atoms with Gasteiger partial charge in [-0.3, -0.25) is 0 Å². The summed E-state index contributed by atoms with van der Waals surface area (Å²) < 4.78 is 0. The SMILES string of the molecule is CC(O)/C=C/C=C\CC[C@@H]1C[C@H]1CCCCC=O. The second kappa shape index (κ2) is 9.09. The number of rotatable bonds is 10. The standard InChI is InChI=1S/C16H26O2/c1-14(18)9-5-2-3-6-10-15-13-16(15)11-7-4-8-12-17/h2-3,5,9,12,14-16,18H,4,6-8,10-11,13H2,1H3/b3-2-,9-5+/t14?,15-,16-/m1/s1. The third kappa shape index (κ3) is 7.44. The predicted octanol–water partition coefficient (Wildman–Crippen LogP) is 3.66. The maximum absolute atomic E-state index is 10.2. The van der Waals surface area contributed by atoms with Gasteiger partial charge in [0.15, 0.2) is 0 Å². The van der Waals surface area contributed by atoms with E-state index in [1.807, 2.05) is 12.2 Å². The van der Waals surface area contributed by atoms with Crippen molar-refractivity contribution in [1.82, 2.24) is 0 Å². The smallest absolute Gasteiger partial charge is 0.119 e. The molecule has 102 valence electrons. The molecule has 1 aliphatic rings. The van der Waals surface area contributed by atoms with Crippen molar-refractivity contribution in [2.24, 2.45) is 11.8 Å². The molecule has 2 heteroatoms. The van der Waals surface area contributed by atoms with Gasteiger partial charge in [-0.2, -0.15) is 0 Å². The molecule has 0 aromatic carbocycles. The highest BCUT2D eigenvalue weighted by atomic mass is 16.3. The fourth-order valence-electron chi connectivity index (χ4n) is 2.36. The van der Waals surface area contributed by atoms with Crippen LogP contribution in [-0.2, 0) is 4.79 Å². The Morgan fingerprint density at radius 2 is 1.94 bits per heavy atom. The lowest BCUT2D eigenvalue weighted by Gasteiger charge is -1.97. The van der Waals surface area contributed by atoms with Crippen LogP contribution in [0.5, 0.6) is 0 Å². The number of hydrogen-bond acceptors (Lipinski definition) is 2. The van der Waals surface area contributed by atoms with Gasteiger partial charge in [0.2, 0.25) is 0 Å². The lowest BCUT2D eigenvalue weighted by atomic mass is 10.1. The number of hydrogen-bond donors (Lipinski definition) is 1. The van der Waals surface area contributed by atoms with Gasteiger partial charge in [0.1, 0.15) is 6.29 Å². The summed E-state index contributed by atoms with van der Waals surface area (Å²) in [6, 6.07) is 0. The number of aldehydes is 1. The van der Waals surface area contributed by atoms with Gasteiger partial charge in [-0.05, 0) is 44.4 Å². The van der Waals surface area contributed by atoms with E-state index >= 15 is 0 Å². The summed E-state index contributed by atoms with van der Waals surface area (Å²) >= 11 is 0. The van der Waals surface area contributed by atoms with E-state index in [1.54, 1.807) is 13.0 Å². The van der Waals surface area contributed by atoms with E-state index in [-0.39, 0.29) is 6.10 Å². The van der Waals surface area contributed by atoms with Crippen molar-refractivity contribution in [3.8, 4) is 0 Å². The van der Waals surface area contributed by atoms with Crippen molar-refractivity contribution in [3.05, 3.63) is 24.3 Å². The number of aliphatic hydroxyl groups excluding tert-OH is 1. The molecule has 0 radical (unpaired) electrons. The maximum atomic E-state index is 10.2. The molecule has 1 aliphatic carbocycles. The molecule has 0 heterocycles. The number of aliphatic hydroxyl groups is 1. The van der Waals surface area contributed by atoms with Crippen LogP contribution >= 0.6 is 0 Å². The Morgan fingerprint density at radius 1 is 1.17 bits per heavy atom. The number of carbonyl (C=O) groups is 1. The minimum absolute atomic E-state index is 0.353. The van der Waals surface area contributed by atoms with Crippen LogP contribution in [0, 0.1) is 11.8 Å². The van der Waals surface area contributed by atoms with Crippen molar-refractivity contribution >= 4 is 6.29 Å². The minimum atomic E-state index is -0.353. The van der Waals surface area contributed by atoms with Gasteiger partial charge < -0.3 is 9.90 Å². The Hall–Kier alpha value is -0.890. The second-order valence-corrected chi connectivity index (χ2v) is 5.34. The Labute approximate surface area is 111 Å². The van der Waals surface area contributed by atoms with Gasteiger partial charge >= 0.3 is 0 Å². The Bertz CT molecular complexity index is 279. The van der Waals surface area contributed by atoms with Gasteiger partial charge in [0, 0.05) is 6.42 Å². The summed E-state index contributed by atoms with van der Waals surface area (Å²) in [5.74, 6) is 1.85. The molecule has 0 amide bonds. The van der Waals surface area contributed by atoms with E-state index in [4.69, 9.17) is 5.11 Å². The zero-order valence-electron chi connectivity index (χ0n) is 11.4. The molecule has 2 nitrogen and oxygen atoms in total. The van der Waals surface area contributed by atoms with Crippen molar-refractivity contribution < 1.29 is 9.90 Å². The Balaban J connectivity index is 1.94. The van der Waals surface area contributed by atoms with Crippen molar-refractivity contribution in [2.75, 3.05) is 0 Å². The summed E-state index contributed by atoms with van der Waals surface area (Å²) in [5, 5.41) is 9.02. The lowest BCUT2D eigenvalue weighted by molar-refractivity contribution is -0.107. The van der Waals surface area contributed by atoms with Crippen LogP contribution in [0.2, 0.25) is 0 Å². The largest absolute Gasteiger partial charge is 0.389 e. The number of allylic oxidation sites excluding steroid dienone is 3.